The predicted octanol–water partition coefficient (Wildman–Crippen LogP) is 0.00140. The minimum atomic E-state index is -1.05. The molecule has 0 radical (unpaired) electrons. The Bertz CT molecular complexity index is 1220. The summed E-state index contributed by atoms with van der Waals surface area (Å²) in [5, 5.41) is 5.17. The second-order valence-corrected chi connectivity index (χ2v) is 10.0. The highest BCUT2D eigenvalue weighted by atomic mass is 16.2. The van der Waals surface area contributed by atoms with Crippen LogP contribution in [-0.2, 0) is 9.59 Å². The average molecular weight is 553 g/mol. The zero-order valence-corrected chi connectivity index (χ0v) is 22.5. The Balaban J connectivity index is 1.97. The van der Waals surface area contributed by atoms with E-state index in [0.717, 1.165) is 0 Å². The monoisotopic (exact) mass is 552 g/mol. The molecule has 6 N–H and O–H groups in total. The van der Waals surface area contributed by atoms with Crippen LogP contribution in [0.4, 0.5) is 0 Å². The first-order valence-electron chi connectivity index (χ1n) is 12.7. The van der Waals surface area contributed by atoms with Gasteiger partial charge < -0.3 is 10.6 Å². The zero-order chi connectivity index (χ0) is 29.4. The minimum Gasteiger partial charge on any atom is -0.339 e. The smallest absolute Gasteiger partial charge is 0.288 e. The highest BCUT2D eigenvalue weighted by Crippen LogP contribution is 2.09. The van der Waals surface area contributed by atoms with Gasteiger partial charge in [0, 0.05) is 0 Å². The first kappa shape index (κ1) is 29.7. The lowest BCUT2D eigenvalue weighted by molar-refractivity contribution is -0.124. The summed E-state index contributed by atoms with van der Waals surface area (Å²) < 4.78 is 0. The van der Waals surface area contributed by atoms with E-state index in [1.807, 2.05) is 27.7 Å². The van der Waals surface area contributed by atoms with Crippen molar-refractivity contribution < 1.29 is 28.8 Å². The molecule has 3 heterocycles. The summed E-state index contributed by atoms with van der Waals surface area (Å²) in [4.78, 5) is 85.0. The molecule has 1 aliphatic rings. The summed E-state index contributed by atoms with van der Waals surface area (Å²) in [6.07, 6.45) is 0.459. The van der Waals surface area contributed by atoms with Crippen LogP contribution in [0.1, 0.15) is 82.5 Å². The summed E-state index contributed by atoms with van der Waals surface area (Å²) in [7, 11) is 0. The van der Waals surface area contributed by atoms with Crippen molar-refractivity contribution in [3.63, 3.8) is 0 Å². The maximum absolute atomic E-state index is 13.0. The largest absolute Gasteiger partial charge is 0.339 e. The summed E-state index contributed by atoms with van der Waals surface area (Å²) in [6.45, 7) is 7.40. The molecule has 14 nitrogen and oxygen atoms in total. The first-order valence-corrected chi connectivity index (χ1v) is 12.7. The molecule has 0 aromatic carbocycles. The van der Waals surface area contributed by atoms with E-state index in [1.165, 1.54) is 36.4 Å². The van der Waals surface area contributed by atoms with Crippen molar-refractivity contribution in [3.8, 4) is 0 Å². The topological polar surface area (TPSA) is 200 Å². The fraction of sp³-hybridized carbons (Fsp3) is 0.385. The summed E-state index contributed by atoms with van der Waals surface area (Å²) in [5.41, 5.74) is 8.30. The molecule has 4 bridgehead atoms. The predicted molar refractivity (Wildman–Crippen MR) is 141 cm³/mol. The third-order valence-corrected chi connectivity index (χ3v) is 5.69. The van der Waals surface area contributed by atoms with E-state index in [1.54, 1.807) is 0 Å². The minimum absolute atomic E-state index is 0.0109. The second kappa shape index (κ2) is 13.3. The summed E-state index contributed by atoms with van der Waals surface area (Å²) in [6, 6.07) is 6.12. The average Bonchev–Trinajstić information content (AvgIpc) is 2.92. The molecule has 40 heavy (non-hydrogen) atoms. The fourth-order valence-electron chi connectivity index (χ4n) is 3.78. The number of amides is 6. The van der Waals surface area contributed by atoms with Gasteiger partial charge in [0.25, 0.3) is 35.4 Å². The van der Waals surface area contributed by atoms with Crippen molar-refractivity contribution in [3.05, 3.63) is 59.2 Å². The lowest BCUT2D eigenvalue weighted by atomic mass is 10.0. The van der Waals surface area contributed by atoms with Crippen LogP contribution < -0.4 is 32.3 Å². The fourth-order valence-corrected chi connectivity index (χ4v) is 3.78. The summed E-state index contributed by atoms with van der Waals surface area (Å²) in [5.74, 6) is -4.49. The Kier molecular flexibility index (Phi) is 9.84. The van der Waals surface area contributed by atoms with Crippen molar-refractivity contribution in [1.82, 2.24) is 42.3 Å². The first-order chi connectivity index (χ1) is 18.9. The molecule has 0 aliphatic carbocycles. The third kappa shape index (κ3) is 8.06. The van der Waals surface area contributed by atoms with Gasteiger partial charge in [-0.2, -0.15) is 0 Å². The molecule has 0 saturated heterocycles. The Labute approximate surface area is 230 Å². The SMILES string of the molecule is CC(C)CC1NC(=O)c2cccc(n2)C(=O)NC(CC(C)C)C(=O)NNC(=O)c2cccc(n2)C(=O)NNC1=O. The number of aromatic nitrogens is 2. The second-order valence-electron chi connectivity index (χ2n) is 10.0. The van der Waals surface area contributed by atoms with E-state index in [9.17, 15) is 28.8 Å². The molecule has 0 saturated carbocycles. The van der Waals surface area contributed by atoms with Crippen molar-refractivity contribution in [2.45, 2.75) is 52.6 Å². The molecule has 212 valence electrons. The normalized spacial score (nSPS) is 19.1. The van der Waals surface area contributed by atoms with Gasteiger partial charge in [0.1, 0.15) is 34.9 Å². The maximum atomic E-state index is 13.0. The van der Waals surface area contributed by atoms with E-state index in [-0.39, 0.29) is 47.5 Å². The molecule has 0 fully saturated rings. The number of nitrogens with one attached hydrogen (secondary N) is 6. The molecule has 2 atom stereocenters. The van der Waals surface area contributed by atoms with Gasteiger partial charge >= 0.3 is 0 Å². The number of hydrogen-bond donors (Lipinski definition) is 6. The standard InChI is InChI=1S/C26H32N8O6/c1-13(2)11-19-25(39)33-31-23(37)17-9-6-10-18(28-17)24(38)32-34-26(40)20(12-14(3)4)30-22(36)16-8-5-7-15(27-16)21(35)29-19/h5-10,13-14,19-20H,11-12H2,1-4H3,(H,29,35)(H,30,36)(H,31,37)(H,32,38)(H,33,39)(H,34,40). The van der Waals surface area contributed by atoms with Gasteiger partial charge in [-0.1, -0.05) is 39.8 Å². The molecule has 1 aliphatic heterocycles. The lowest BCUT2D eigenvalue weighted by Gasteiger charge is -2.21. The van der Waals surface area contributed by atoms with Crippen LogP contribution in [0.25, 0.3) is 0 Å². The van der Waals surface area contributed by atoms with E-state index in [0.29, 0.717) is 0 Å². The number of fused-ring (bicyclic) bond motifs is 4. The molecular weight excluding hydrogens is 520 g/mol. The lowest BCUT2D eigenvalue weighted by Crippen LogP contribution is -2.53. The third-order valence-electron chi connectivity index (χ3n) is 5.69. The Morgan fingerprint density at radius 2 is 0.875 bits per heavy atom. The van der Waals surface area contributed by atoms with E-state index in [2.05, 4.69) is 42.3 Å². The van der Waals surface area contributed by atoms with Crippen molar-refractivity contribution >= 4 is 35.4 Å². The van der Waals surface area contributed by atoms with Crippen LogP contribution in [0.2, 0.25) is 0 Å². The van der Waals surface area contributed by atoms with Crippen LogP contribution >= 0.6 is 0 Å². The van der Waals surface area contributed by atoms with Crippen LogP contribution in [0.3, 0.4) is 0 Å². The molecule has 0 spiro atoms. The van der Waals surface area contributed by atoms with Gasteiger partial charge in [-0.3, -0.25) is 50.5 Å². The maximum Gasteiger partial charge on any atom is 0.288 e. The number of hydrazine groups is 2. The number of carbonyl (C=O) groups is 6. The van der Waals surface area contributed by atoms with Crippen molar-refractivity contribution in [2.75, 3.05) is 0 Å². The number of nitrogens with zero attached hydrogens (tertiary/aromatic N) is 2. The van der Waals surface area contributed by atoms with Crippen LogP contribution in [-0.4, -0.2) is 57.5 Å². The van der Waals surface area contributed by atoms with Gasteiger partial charge in [-0.15, -0.1) is 0 Å². The molecule has 14 heteroatoms. The molecule has 3 rings (SSSR count). The molecule has 2 unspecified atom stereocenters. The van der Waals surface area contributed by atoms with Gasteiger partial charge in [0.15, 0.2) is 0 Å². The Morgan fingerprint density at radius 1 is 0.550 bits per heavy atom. The highest BCUT2D eigenvalue weighted by molar-refractivity contribution is 6.01. The number of pyridine rings is 2. The van der Waals surface area contributed by atoms with E-state index < -0.39 is 47.5 Å². The zero-order valence-electron chi connectivity index (χ0n) is 22.5. The Hall–Kier alpha value is -4.88. The quantitative estimate of drug-likeness (QED) is 0.304. The molecule has 2 aromatic rings. The molecule has 2 aromatic heterocycles. The number of hydrogen-bond acceptors (Lipinski definition) is 8. The number of carbonyl (C=O) groups excluding carboxylic acids is 6. The van der Waals surface area contributed by atoms with Crippen molar-refractivity contribution in [1.29, 1.82) is 0 Å². The summed E-state index contributed by atoms with van der Waals surface area (Å²) >= 11 is 0. The van der Waals surface area contributed by atoms with Gasteiger partial charge in [0.05, 0.1) is 0 Å². The van der Waals surface area contributed by atoms with Crippen LogP contribution in [0.15, 0.2) is 36.4 Å². The Morgan fingerprint density at radius 3 is 1.20 bits per heavy atom. The van der Waals surface area contributed by atoms with Gasteiger partial charge in [-0.25, -0.2) is 9.97 Å². The van der Waals surface area contributed by atoms with Gasteiger partial charge in [0.2, 0.25) is 0 Å². The molecule has 6 amide bonds. The van der Waals surface area contributed by atoms with Crippen LogP contribution in [0, 0.1) is 11.8 Å². The van der Waals surface area contributed by atoms with Crippen LogP contribution in [0.5, 0.6) is 0 Å². The highest BCUT2D eigenvalue weighted by Gasteiger charge is 2.27. The van der Waals surface area contributed by atoms with Crippen molar-refractivity contribution in [2.24, 2.45) is 11.8 Å². The van der Waals surface area contributed by atoms with E-state index >= 15 is 0 Å². The molecular formula is C26H32N8O6. The van der Waals surface area contributed by atoms with Gasteiger partial charge in [-0.05, 0) is 48.9 Å². The number of rotatable bonds is 4. The van der Waals surface area contributed by atoms with E-state index in [4.69, 9.17) is 0 Å².